The molecule has 4 nitrogen and oxygen atoms in total. The molecule has 0 spiro atoms. The maximum atomic E-state index is 5.58. The van der Waals surface area contributed by atoms with Crippen LogP contribution in [0.3, 0.4) is 0 Å². The molecular formula is C16H21N3O. The average molecular weight is 271 g/mol. The van der Waals surface area contributed by atoms with Gasteiger partial charge in [0.2, 0.25) is 0 Å². The molecule has 4 heteroatoms. The molecule has 2 aromatic rings. The van der Waals surface area contributed by atoms with Crippen molar-refractivity contribution in [2.75, 3.05) is 19.8 Å². The molecule has 20 heavy (non-hydrogen) atoms. The zero-order chi connectivity index (χ0) is 13.8. The van der Waals surface area contributed by atoms with Gasteiger partial charge in [-0.05, 0) is 31.0 Å². The SMILES string of the molecule is CCCNC(c1cccc2nccnc12)C1CCOC1. The number of aromatic nitrogens is 2. The van der Waals surface area contributed by atoms with Gasteiger partial charge in [0.1, 0.15) is 0 Å². The molecule has 2 atom stereocenters. The van der Waals surface area contributed by atoms with Crippen LogP contribution >= 0.6 is 0 Å². The maximum absolute atomic E-state index is 5.58. The molecule has 1 N–H and O–H groups in total. The normalized spacial score (nSPS) is 20.4. The standard InChI is InChI=1S/C16H21N3O/c1-2-7-18-15(12-6-10-20-11-12)13-4-3-5-14-16(13)19-9-8-17-14/h3-5,8-9,12,15,18H,2,6-7,10-11H2,1H3. The first-order valence-electron chi connectivity index (χ1n) is 7.41. The summed E-state index contributed by atoms with van der Waals surface area (Å²) in [5, 5.41) is 3.67. The van der Waals surface area contributed by atoms with Crippen molar-refractivity contribution in [1.82, 2.24) is 15.3 Å². The van der Waals surface area contributed by atoms with Crippen molar-refractivity contribution in [3.05, 3.63) is 36.2 Å². The fraction of sp³-hybridized carbons (Fsp3) is 0.500. The van der Waals surface area contributed by atoms with Crippen molar-refractivity contribution in [1.29, 1.82) is 0 Å². The number of fused-ring (bicyclic) bond motifs is 1. The monoisotopic (exact) mass is 271 g/mol. The van der Waals surface area contributed by atoms with E-state index in [0.717, 1.165) is 43.6 Å². The first kappa shape index (κ1) is 13.5. The molecule has 1 aliphatic heterocycles. The Hall–Kier alpha value is -1.52. The molecule has 0 amide bonds. The van der Waals surface area contributed by atoms with Gasteiger partial charge in [0.15, 0.2) is 0 Å². The summed E-state index contributed by atoms with van der Waals surface area (Å²) in [5.74, 6) is 0.522. The Bertz CT molecular complexity index is 561. The summed E-state index contributed by atoms with van der Waals surface area (Å²) in [6, 6.07) is 6.57. The molecule has 1 aromatic heterocycles. The number of ether oxygens (including phenoxy) is 1. The highest BCUT2D eigenvalue weighted by Crippen LogP contribution is 2.31. The highest BCUT2D eigenvalue weighted by molar-refractivity contribution is 5.78. The van der Waals surface area contributed by atoms with Gasteiger partial charge >= 0.3 is 0 Å². The van der Waals surface area contributed by atoms with Crippen molar-refractivity contribution in [2.45, 2.75) is 25.8 Å². The fourth-order valence-corrected chi connectivity index (χ4v) is 2.91. The topological polar surface area (TPSA) is 47.0 Å². The molecule has 1 aliphatic rings. The van der Waals surface area contributed by atoms with Crippen LogP contribution in [0.25, 0.3) is 11.0 Å². The van der Waals surface area contributed by atoms with Crippen LogP contribution in [0, 0.1) is 5.92 Å². The minimum Gasteiger partial charge on any atom is -0.381 e. The molecule has 2 unspecified atom stereocenters. The van der Waals surface area contributed by atoms with Gasteiger partial charge < -0.3 is 10.1 Å². The summed E-state index contributed by atoms with van der Waals surface area (Å²) in [6.07, 6.45) is 5.76. The van der Waals surface area contributed by atoms with Crippen molar-refractivity contribution in [3.63, 3.8) is 0 Å². The largest absolute Gasteiger partial charge is 0.381 e. The lowest BCUT2D eigenvalue weighted by Crippen LogP contribution is -2.29. The van der Waals surface area contributed by atoms with Crippen LogP contribution < -0.4 is 5.32 Å². The van der Waals surface area contributed by atoms with E-state index in [-0.39, 0.29) is 0 Å². The van der Waals surface area contributed by atoms with E-state index in [0.29, 0.717) is 12.0 Å². The van der Waals surface area contributed by atoms with Crippen molar-refractivity contribution in [2.24, 2.45) is 5.92 Å². The Morgan fingerprint density at radius 2 is 2.25 bits per heavy atom. The quantitative estimate of drug-likeness (QED) is 0.908. The molecule has 2 heterocycles. The second-order valence-corrected chi connectivity index (χ2v) is 5.33. The van der Waals surface area contributed by atoms with E-state index in [9.17, 15) is 0 Å². The second-order valence-electron chi connectivity index (χ2n) is 5.33. The van der Waals surface area contributed by atoms with Crippen molar-refractivity contribution >= 4 is 11.0 Å². The molecule has 1 aromatic carbocycles. The summed E-state index contributed by atoms with van der Waals surface area (Å²) in [4.78, 5) is 8.95. The lowest BCUT2D eigenvalue weighted by atomic mass is 9.91. The van der Waals surface area contributed by atoms with Crippen LogP contribution in [0.1, 0.15) is 31.4 Å². The second kappa shape index (κ2) is 6.29. The van der Waals surface area contributed by atoms with Gasteiger partial charge in [-0.25, -0.2) is 0 Å². The summed E-state index contributed by atoms with van der Waals surface area (Å²) in [5.41, 5.74) is 3.22. The third-order valence-corrected chi connectivity index (χ3v) is 3.92. The smallest absolute Gasteiger partial charge is 0.0934 e. The van der Waals surface area contributed by atoms with E-state index in [1.54, 1.807) is 12.4 Å². The number of benzene rings is 1. The minimum atomic E-state index is 0.304. The van der Waals surface area contributed by atoms with E-state index in [1.165, 1.54) is 5.56 Å². The van der Waals surface area contributed by atoms with E-state index < -0.39 is 0 Å². The van der Waals surface area contributed by atoms with E-state index in [4.69, 9.17) is 4.74 Å². The third-order valence-electron chi connectivity index (χ3n) is 3.92. The van der Waals surface area contributed by atoms with Crippen LogP contribution in [0.5, 0.6) is 0 Å². The van der Waals surface area contributed by atoms with Crippen LogP contribution in [0.15, 0.2) is 30.6 Å². The molecular weight excluding hydrogens is 250 g/mol. The molecule has 1 saturated heterocycles. The molecule has 1 fully saturated rings. The minimum absolute atomic E-state index is 0.304. The lowest BCUT2D eigenvalue weighted by molar-refractivity contribution is 0.177. The molecule has 0 radical (unpaired) electrons. The average Bonchev–Trinajstić information content (AvgIpc) is 3.02. The summed E-state index contributed by atoms with van der Waals surface area (Å²) >= 11 is 0. The highest BCUT2D eigenvalue weighted by atomic mass is 16.5. The summed E-state index contributed by atoms with van der Waals surface area (Å²) in [7, 11) is 0. The van der Waals surface area contributed by atoms with E-state index in [2.05, 4.69) is 34.3 Å². The first-order valence-corrected chi connectivity index (χ1v) is 7.41. The maximum Gasteiger partial charge on any atom is 0.0934 e. The van der Waals surface area contributed by atoms with Gasteiger partial charge in [0.05, 0.1) is 17.6 Å². The molecule has 3 rings (SSSR count). The number of nitrogens with zero attached hydrogens (tertiary/aromatic N) is 2. The Labute approximate surface area is 119 Å². The molecule has 0 bridgehead atoms. The van der Waals surface area contributed by atoms with Gasteiger partial charge in [0.25, 0.3) is 0 Å². The Morgan fingerprint density at radius 1 is 1.35 bits per heavy atom. The summed E-state index contributed by atoms with van der Waals surface area (Å²) < 4.78 is 5.58. The van der Waals surface area contributed by atoms with Gasteiger partial charge in [-0.3, -0.25) is 9.97 Å². The summed E-state index contributed by atoms with van der Waals surface area (Å²) in [6.45, 7) is 4.90. The number of nitrogens with one attached hydrogen (secondary N) is 1. The number of para-hydroxylation sites is 1. The van der Waals surface area contributed by atoms with Crippen LogP contribution in [0.4, 0.5) is 0 Å². The zero-order valence-corrected chi connectivity index (χ0v) is 11.9. The zero-order valence-electron chi connectivity index (χ0n) is 11.9. The van der Waals surface area contributed by atoms with E-state index >= 15 is 0 Å². The first-order chi connectivity index (χ1) is 9.90. The van der Waals surface area contributed by atoms with Gasteiger partial charge in [-0.1, -0.05) is 19.1 Å². The number of rotatable bonds is 5. The van der Waals surface area contributed by atoms with Gasteiger partial charge in [0, 0.05) is 31.0 Å². The fourth-order valence-electron chi connectivity index (χ4n) is 2.91. The van der Waals surface area contributed by atoms with Crippen molar-refractivity contribution < 1.29 is 4.74 Å². The van der Waals surface area contributed by atoms with Gasteiger partial charge in [-0.2, -0.15) is 0 Å². The van der Waals surface area contributed by atoms with Gasteiger partial charge in [-0.15, -0.1) is 0 Å². The predicted octanol–water partition coefficient (Wildman–Crippen LogP) is 2.71. The Kier molecular flexibility index (Phi) is 4.23. The predicted molar refractivity (Wildman–Crippen MR) is 79.5 cm³/mol. The third kappa shape index (κ3) is 2.67. The lowest BCUT2D eigenvalue weighted by Gasteiger charge is -2.25. The van der Waals surface area contributed by atoms with Crippen LogP contribution in [0.2, 0.25) is 0 Å². The van der Waals surface area contributed by atoms with Crippen LogP contribution in [-0.2, 0) is 4.74 Å². The van der Waals surface area contributed by atoms with E-state index in [1.807, 2.05) is 6.07 Å². The molecule has 0 saturated carbocycles. The van der Waals surface area contributed by atoms with Crippen molar-refractivity contribution in [3.8, 4) is 0 Å². The number of hydrogen-bond acceptors (Lipinski definition) is 4. The molecule has 0 aliphatic carbocycles. The van der Waals surface area contributed by atoms with Crippen LogP contribution in [-0.4, -0.2) is 29.7 Å². The molecule has 106 valence electrons. The highest BCUT2D eigenvalue weighted by Gasteiger charge is 2.28. The number of hydrogen-bond donors (Lipinski definition) is 1. The Balaban J connectivity index is 1.99. The Morgan fingerprint density at radius 3 is 3.05 bits per heavy atom.